The van der Waals surface area contributed by atoms with Gasteiger partial charge >= 0.3 is 0 Å². The van der Waals surface area contributed by atoms with Gasteiger partial charge < -0.3 is 15.6 Å². The van der Waals surface area contributed by atoms with Gasteiger partial charge in [-0.15, -0.1) is 0 Å². The van der Waals surface area contributed by atoms with Crippen molar-refractivity contribution in [3.05, 3.63) is 69.7 Å². The standard InChI is InChI=1S/C18H12N2O2S/c19-8-13-15(11-5-6-23-9-11)16-12-4-2-1-3-10(12)7-14(21)17(16)22-18(13)20/h1-7,9,15,21H,20H2/t15-/m0/s1. The molecule has 3 N–H and O–H groups in total. The molecule has 4 rings (SSSR count). The molecule has 1 aliphatic rings. The molecule has 0 aliphatic carbocycles. The molecule has 2 aromatic carbocycles. The lowest BCUT2D eigenvalue weighted by Gasteiger charge is -2.27. The van der Waals surface area contributed by atoms with Crippen LogP contribution in [0.25, 0.3) is 10.8 Å². The van der Waals surface area contributed by atoms with E-state index in [1.807, 2.05) is 41.1 Å². The van der Waals surface area contributed by atoms with E-state index in [1.165, 1.54) is 0 Å². The molecular weight excluding hydrogens is 308 g/mol. The zero-order chi connectivity index (χ0) is 16.0. The maximum atomic E-state index is 10.4. The molecule has 2 heterocycles. The molecule has 4 nitrogen and oxygen atoms in total. The Kier molecular flexibility index (Phi) is 3.00. The van der Waals surface area contributed by atoms with Crippen LogP contribution in [0, 0.1) is 11.3 Å². The Morgan fingerprint density at radius 1 is 1.26 bits per heavy atom. The second-order valence-electron chi connectivity index (χ2n) is 5.34. The highest BCUT2D eigenvalue weighted by Crippen LogP contribution is 2.49. The van der Waals surface area contributed by atoms with Crippen molar-refractivity contribution in [2.45, 2.75) is 5.92 Å². The minimum Gasteiger partial charge on any atom is -0.504 e. The number of phenolic OH excluding ortho intramolecular Hbond substituents is 1. The summed E-state index contributed by atoms with van der Waals surface area (Å²) in [5, 5.41) is 25.7. The van der Waals surface area contributed by atoms with Gasteiger partial charge in [-0.3, -0.25) is 0 Å². The van der Waals surface area contributed by atoms with Gasteiger partial charge in [-0.25, -0.2) is 0 Å². The fourth-order valence-electron chi connectivity index (χ4n) is 3.08. The third kappa shape index (κ3) is 1.96. The van der Waals surface area contributed by atoms with Crippen LogP contribution in [-0.2, 0) is 0 Å². The second-order valence-corrected chi connectivity index (χ2v) is 6.12. The van der Waals surface area contributed by atoms with E-state index in [0.29, 0.717) is 11.3 Å². The van der Waals surface area contributed by atoms with Crippen molar-refractivity contribution < 1.29 is 9.84 Å². The number of ether oxygens (including phenoxy) is 1. The monoisotopic (exact) mass is 320 g/mol. The zero-order valence-electron chi connectivity index (χ0n) is 12.0. The normalized spacial score (nSPS) is 16.7. The van der Waals surface area contributed by atoms with Crippen molar-refractivity contribution >= 4 is 22.1 Å². The van der Waals surface area contributed by atoms with Crippen LogP contribution in [0.2, 0.25) is 0 Å². The number of nitrogens with two attached hydrogens (primary N) is 1. The summed E-state index contributed by atoms with van der Waals surface area (Å²) in [5.74, 6) is 0.0593. The molecule has 0 unspecified atom stereocenters. The van der Waals surface area contributed by atoms with Gasteiger partial charge in [-0.1, -0.05) is 24.3 Å². The van der Waals surface area contributed by atoms with Crippen molar-refractivity contribution in [1.29, 1.82) is 5.26 Å². The highest BCUT2D eigenvalue weighted by Gasteiger charge is 2.34. The smallest absolute Gasteiger partial charge is 0.205 e. The molecule has 0 radical (unpaired) electrons. The van der Waals surface area contributed by atoms with Gasteiger partial charge in [0, 0.05) is 5.56 Å². The van der Waals surface area contributed by atoms with Crippen LogP contribution >= 0.6 is 11.3 Å². The van der Waals surface area contributed by atoms with Gasteiger partial charge in [0.05, 0.1) is 5.92 Å². The number of aromatic hydroxyl groups is 1. The first-order chi connectivity index (χ1) is 11.2. The number of nitriles is 1. The molecule has 1 atom stereocenters. The van der Waals surface area contributed by atoms with E-state index in [1.54, 1.807) is 17.4 Å². The van der Waals surface area contributed by atoms with E-state index in [0.717, 1.165) is 21.9 Å². The van der Waals surface area contributed by atoms with Crippen LogP contribution in [0.5, 0.6) is 11.5 Å². The fourth-order valence-corrected chi connectivity index (χ4v) is 3.76. The molecule has 3 aromatic rings. The molecular formula is C18H12N2O2S. The highest BCUT2D eigenvalue weighted by atomic mass is 32.1. The average Bonchev–Trinajstić information content (AvgIpc) is 3.08. The summed E-state index contributed by atoms with van der Waals surface area (Å²) in [6, 6.07) is 13.5. The van der Waals surface area contributed by atoms with Crippen molar-refractivity contribution in [1.82, 2.24) is 0 Å². The topological polar surface area (TPSA) is 79.3 Å². The van der Waals surface area contributed by atoms with Crippen molar-refractivity contribution in [3.8, 4) is 17.6 Å². The number of fused-ring (bicyclic) bond motifs is 3. The largest absolute Gasteiger partial charge is 0.504 e. The molecule has 1 aromatic heterocycles. The van der Waals surface area contributed by atoms with E-state index in [9.17, 15) is 10.4 Å². The maximum Gasteiger partial charge on any atom is 0.205 e. The molecule has 0 saturated carbocycles. The van der Waals surface area contributed by atoms with Gasteiger partial charge in [-0.2, -0.15) is 16.6 Å². The molecule has 112 valence electrons. The van der Waals surface area contributed by atoms with Gasteiger partial charge in [0.15, 0.2) is 11.5 Å². The number of hydrogen-bond donors (Lipinski definition) is 2. The second kappa shape index (κ2) is 5.04. The summed E-state index contributed by atoms with van der Waals surface area (Å²) in [6.07, 6.45) is 0. The van der Waals surface area contributed by atoms with Gasteiger partial charge in [0.2, 0.25) is 5.88 Å². The Bertz CT molecular complexity index is 984. The number of thiophene rings is 1. The summed E-state index contributed by atoms with van der Waals surface area (Å²) in [6.45, 7) is 0. The molecule has 0 saturated heterocycles. The van der Waals surface area contributed by atoms with E-state index < -0.39 is 0 Å². The quantitative estimate of drug-likeness (QED) is 0.714. The van der Waals surface area contributed by atoms with Crippen LogP contribution in [0.1, 0.15) is 17.0 Å². The average molecular weight is 320 g/mol. The van der Waals surface area contributed by atoms with E-state index in [2.05, 4.69) is 6.07 Å². The van der Waals surface area contributed by atoms with E-state index in [-0.39, 0.29) is 17.6 Å². The lowest BCUT2D eigenvalue weighted by Crippen LogP contribution is -2.21. The molecule has 5 heteroatoms. The number of phenols is 1. The summed E-state index contributed by atoms with van der Waals surface area (Å²) < 4.78 is 5.59. The number of hydrogen-bond acceptors (Lipinski definition) is 5. The van der Waals surface area contributed by atoms with E-state index in [4.69, 9.17) is 10.5 Å². The van der Waals surface area contributed by atoms with Crippen LogP contribution in [0.4, 0.5) is 0 Å². The number of benzene rings is 2. The zero-order valence-corrected chi connectivity index (χ0v) is 12.8. The molecule has 0 spiro atoms. The Morgan fingerprint density at radius 2 is 2.09 bits per heavy atom. The first kappa shape index (κ1) is 13.7. The Labute approximate surface area is 136 Å². The minimum absolute atomic E-state index is 0.0267. The maximum absolute atomic E-state index is 10.4. The van der Waals surface area contributed by atoms with Crippen LogP contribution in [0.15, 0.2) is 58.6 Å². The van der Waals surface area contributed by atoms with Crippen molar-refractivity contribution in [2.24, 2.45) is 5.73 Å². The fraction of sp³-hybridized carbons (Fsp3) is 0.0556. The number of allylic oxidation sites excluding steroid dienone is 1. The predicted octanol–water partition coefficient (Wildman–Crippen LogP) is 3.83. The molecule has 1 aliphatic heterocycles. The first-order valence-corrected chi connectivity index (χ1v) is 7.99. The molecule has 23 heavy (non-hydrogen) atoms. The third-order valence-corrected chi connectivity index (χ3v) is 4.77. The minimum atomic E-state index is -0.341. The lowest BCUT2D eigenvalue weighted by atomic mass is 9.82. The van der Waals surface area contributed by atoms with Gasteiger partial charge in [-0.05, 0) is 39.2 Å². The molecule has 0 bridgehead atoms. The summed E-state index contributed by atoms with van der Waals surface area (Å²) in [4.78, 5) is 0. The number of rotatable bonds is 1. The summed E-state index contributed by atoms with van der Waals surface area (Å²) in [5.41, 5.74) is 8.06. The van der Waals surface area contributed by atoms with Gasteiger partial charge in [0.1, 0.15) is 11.6 Å². The number of nitrogens with zero attached hydrogens (tertiary/aromatic N) is 1. The van der Waals surface area contributed by atoms with Crippen LogP contribution in [0.3, 0.4) is 0 Å². The first-order valence-electron chi connectivity index (χ1n) is 7.05. The Morgan fingerprint density at radius 3 is 2.83 bits per heavy atom. The van der Waals surface area contributed by atoms with Crippen molar-refractivity contribution in [2.75, 3.05) is 0 Å². The van der Waals surface area contributed by atoms with E-state index >= 15 is 0 Å². The third-order valence-electron chi connectivity index (χ3n) is 4.07. The van der Waals surface area contributed by atoms with Gasteiger partial charge in [0.25, 0.3) is 0 Å². The SMILES string of the molecule is N#CC1=C(N)Oc2c(O)cc3ccccc3c2[C@H]1c1ccsc1. The Balaban J connectivity index is 2.12. The highest BCUT2D eigenvalue weighted by molar-refractivity contribution is 7.08. The Hall–Kier alpha value is -2.97. The predicted molar refractivity (Wildman–Crippen MR) is 89.2 cm³/mol. The van der Waals surface area contributed by atoms with Crippen LogP contribution in [-0.4, -0.2) is 5.11 Å². The molecule has 0 fully saturated rings. The summed E-state index contributed by atoms with van der Waals surface area (Å²) >= 11 is 1.56. The molecule has 0 amide bonds. The van der Waals surface area contributed by atoms with Crippen LogP contribution < -0.4 is 10.5 Å². The summed E-state index contributed by atoms with van der Waals surface area (Å²) in [7, 11) is 0. The lowest BCUT2D eigenvalue weighted by molar-refractivity contribution is 0.360. The van der Waals surface area contributed by atoms with Crippen molar-refractivity contribution in [3.63, 3.8) is 0 Å².